The molecule has 0 spiro atoms. The summed E-state index contributed by atoms with van der Waals surface area (Å²) in [6.07, 6.45) is 11.1. The molecule has 0 heterocycles. The fourth-order valence-corrected chi connectivity index (χ4v) is 5.60. The molecule has 2 aliphatic rings. The molecule has 2 aromatic rings. The minimum Gasteiger partial charge on any atom is -0.336 e. The molecule has 4 nitrogen and oxygen atoms in total. The summed E-state index contributed by atoms with van der Waals surface area (Å²) in [5, 5.41) is 0. The number of carbonyl (C=O) groups is 2. The highest BCUT2D eigenvalue weighted by Gasteiger charge is 2.29. The van der Waals surface area contributed by atoms with Gasteiger partial charge in [-0.3, -0.25) is 9.59 Å². The maximum atomic E-state index is 13.6. The molecule has 4 heteroatoms. The van der Waals surface area contributed by atoms with Crippen LogP contribution in [0.5, 0.6) is 0 Å². The van der Waals surface area contributed by atoms with Crippen molar-refractivity contribution < 1.29 is 9.59 Å². The summed E-state index contributed by atoms with van der Waals surface area (Å²) >= 11 is 0. The van der Waals surface area contributed by atoms with E-state index in [0.717, 1.165) is 62.5 Å². The highest BCUT2D eigenvalue weighted by atomic mass is 16.2. The molecule has 4 rings (SSSR count). The minimum atomic E-state index is 0.133. The molecular weight excluding hydrogens is 420 g/mol. The SMILES string of the molecule is O=C(C1CCCCC1)N(CCN(Cc1ccccc1)C(=O)C1CCCCC1)Cc1ccccc1. The van der Waals surface area contributed by atoms with Gasteiger partial charge in [-0.25, -0.2) is 0 Å². The van der Waals surface area contributed by atoms with Gasteiger partial charge in [0.05, 0.1) is 0 Å². The van der Waals surface area contributed by atoms with E-state index in [1.807, 2.05) is 46.2 Å². The first-order chi connectivity index (χ1) is 16.7. The van der Waals surface area contributed by atoms with Gasteiger partial charge < -0.3 is 9.80 Å². The highest BCUT2D eigenvalue weighted by Crippen LogP contribution is 2.28. The number of hydrogen-bond donors (Lipinski definition) is 0. The van der Waals surface area contributed by atoms with Crippen LogP contribution in [0.25, 0.3) is 0 Å². The molecule has 182 valence electrons. The lowest BCUT2D eigenvalue weighted by Gasteiger charge is -2.34. The Hall–Kier alpha value is -2.62. The van der Waals surface area contributed by atoms with E-state index < -0.39 is 0 Å². The average Bonchev–Trinajstić information content (AvgIpc) is 2.91. The van der Waals surface area contributed by atoms with Gasteiger partial charge in [-0.2, -0.15) is 0 Å². The highest BCUT2D eigenvalue weighted by molar-refractivity contribution is 5.80. The molecule has 2 amide bonds. The van der Waals surface area contributed by atoms with Crippen LogP contribution in [0, 0.1) is 11.8 Å². The molecule has 0 bridgehead atoms. The summed E-state index contributed by atoms with van der Waals surface area (Å²) in [5.41, 5.74) is 2.31. The molecule has 2 aromatic carbocycles. The van der Waals surface area contributed by atoms with Crippen molar-refractivity contribution >= 4 is 11.8 Å². The normalized spacial score (nSPS) is 17.3. The molecule has 2 aliphatic carbocycles. The molecule has 0 atom stereocenters. The molecule has 2 fully saturated rings. The van der Waals surface area contributed by atoms with Crippen LogP contribution in [0.2, 0.25) is 0 Å². The second-order valence-electron chi connectivity index (χ2n) is 10.2. The average molecular weight is 461 g/mol. The molecule has 0 saturated heterocycles. The van der Waals surface area contributed by atoms with Crippen molar-refractivity contribution in [1.29, 1.82) is 0 Å². The standard InChI is InChI=1S/C30H40N2O2/c33-29(27-17-9-3-10-18-27)31(23-25-13-5-1-6-14-25)21-22-32(24-26-15-7-2-8-16-26)30(34)28-19-11-4-12-20-28/h1-2,5-8,13-16,27-28H,3-4,9-12,17-24H2. The zero-order valence-electron chi connectivity index (χ0n) is 20.5. The van der Waals surface area contributed by atoms with E-state index in [2.05, 4.69) is 24.3 Å². The largest absolute Gasteiger partial charge is 0.336 e. The Morgan fingerprint density at radius 3 is 1.26 bits per heavy atom. The summed E-state index contributed by atoms with van der Waals surface area (Å²) in [4.78, 5) is 31.2. The smallest absolute Gasteiger partial charge is 0.226 e. The number of hydrogen-bond acceptors (Lipinski definition) is 2. The summed E-state index contributed by atoms with van der Waals surface area (Å²) < 4.78 is 0. The third-order valence-corrected chi connectivity index (χ3v) is 7.60. The second kappa shape index (κ2) is 12.7. The van der Waals surface area contributed by atoms with Gasteiger partial charge in [0.2, 0.25) is 11.8 Å². The van der Waals surface area contributed by atoms with Crippen LogP contribution >= 0.6 is 0 Å². The monoisotopic (exact) mass is 460 g/mol. The number of rotatable bonds is 9. The van der Waals surface area contributed by atoms with Crippen molar-refractivity contribution in [3.8, 4) is 0 Å². The minimum absolute atomic E-state index is 0.133. The molecule has 0 aliphatic heterocycles. The molecule has 0 N–H and O–H groups in total. The Labute approximate surface area is 205 Å². The second-order valence-corrected chi connectivity index (χ2v) is 10.2. The first kappa shape index (κ1) is 24.5. The van der Waals surface area contributed by atoms with E-state index in [0.29, 0.717) is 26.2 Å². The van der Waals surface area contributed by atoms with Gasteiger partial charge in [-0.15, -0.1) is 0 Å². The van der Waals surface area contributed by atoms with Gasteiger partial charge in [0, 0.05) is 38.0 Å². The quantitative estimate of drug-likeness (QED) is 0.447. The Bertz CT molecular complexity index is 811. The summed E-state index contributed by atoms with van der Waals surface area (Å²) in [7, 11) is 0. The molecule has 0 aromatic heterocycles. The Kier molecular flexibility index (Phi) is 9.18. The van der Waals surface area contributed by atoms with Gasteiger partial charge in [0.25, 0.3) is 0 Å². The van der Waals surface area contributed by atoms with E-state index in [4.69, 9.17) is 0 Å². The third-order valence-electron chi connectivity index (χ3n) is 7.60. The molecule has 34 heavy (non-hydrogen) atoms. The summed E-state index contributed by atoms with van der Waals surface area (Å²) in [5.74, 6) is 0.810. The fourth-order valence-electron chi connectivity index (χ4n) is 5.60. The van der Waals surface area contributed by atoms with Crippen molar-refractivity contribution in [2.75, 3.05) is 13.1 Å². The lowest BCUT2D eigenvalue weighted by molar-refractivity contribution is -0.141. The number of benzene rings is 2. The van der Waals surface area contributed by atoms with Gasteiger partial charge >= 0.3 is 0 Å². The van der Waals surface area contributed by atoms with Crippen LogP contribution < -0.4 is 0 Å². The Morgan fingerprint density at radius 2 is 0.912 bits per heavy atom. The van der Waals surface area contributed by atoms with E-state index >= 15 is 0 Å². The van der Waals surface area contributed by atoms with Gasteiger partial charge in [0.15, 0.2) is 0 Å². The van der Waals surface area contributed by atoms with Crippen LogP contribution in [0.1, 0.15) is 75.3 Å². The third kappa shape index (κ3) is 6.94. The maximum Gasteiger partial charge on any atom is 0.226 e. The van der Waals surface area contributed by atoms with E-state index in [1.54, 1.807) is 0 Å². The summed E-state index contributed by atoms with van der Waals surface area (Å²) in [6, 6.07) is 20.5. The maximum absolute atomic E-state index is 13.6. The van der Waals surface area contributed by atoms with Crippen molar-refractivity contribution in [1.82, 2.24) is 9.80 Å². The fraction of sp³-hybridized carbons (Fsp3) is 0.533. The van der Waals surface area contributed by atoms with Gasteiger partial charge in [0.1, 0.15) is 0 Å². The molecule has 0 unspecified atom stereocenters. The van der Waals surface area contributed by atoms with Crippen LogP contribution in [0.15, 0.2) is 60.7 Å². The van der Waals surface area contributed by atoms with Gasteiger partial charge in [-0.05, 0) is 36.8 Å². The van der Waals surface area contributed by atoms with E-state index in [9.17, 15) is 9.59 Å². The van der Waals surface area contributed by atoms with Crippen molar-refractivity contribution in [3.63, 3.8) is 0 Å². The lowest BCUT2D eigenvalue weighted by atomic mass is 9.88. The zero-order valence-corrected chi connectivity index (χ0v) is 20.5. The first-order valence-corrected chi connectivity index (χ1v) is 13.4. The zero-order chi connectivity index (χ0) is 23.6. The van der Waals surface area contributed by atoms with Crippen molar-refractivity contribution in [3.05, 3.63) is 71.8 Å². The van der Waals surface area contributed by atoms with Crippen LogP contribution in [-0.2, 0) is 22.7 Å². The number of nitrogens with zero attached hydrogens (tertiary/aromatic N) is 2. The number of amides is 2. The van der Waals surface area contributed by atoms with Crippen molar-refractivity contribution in [2.45, 2.75) is 77.3 Å². The predicted molar refractivity (Wildman–Crippen MR) is 137 cm³/mol. The van der Waals surface area contributed by atoms with Crippen molar-refractivity contribution in [2.24, 2.45) is 11.8 Å². The first-order valence-electron chi connectivity index (χ1n) is 13.4. The summed E-state index contributed by atoms with van der Waals surface area (Å²) in [6.45, 7) is 2.42. The lowest BCUT2D eigenvalue weighted by Crippen LogP contribution is -2.44. The van der Waals surface area contributed by atoms with Crippen LogP contribution in [0.4, 0.5) is 0 Å². The topological polar surface area (TPSA) is 40.6 Å². The van der Waals surface area contributed by atoms with Crippen LogP contribution in [0.3, 0.4) is 0 Å². The van der Waals surface area contributed by atoms with Crippen LogP contribution in [-0.4, -0.2) is 34.7 Å². The van der Waals surface area contributed by atoms with E-state index in [-0.39, 0.29) is 23.7 Å². The number of carbonyl (C=O) groups excluding carboxylic acids is 2. The van der Waals surface area contributed by atoms with E-state index in [1.165, 1.54) is 12.8 Å². The predicted octanol–water partition coefficient (Wildman–Crippen LogP) is 6.20. The molecule has 2 saturated carbocycles. The van der Waals surface area contributed by atoms with Gasteiger partial charge in [-0.1, -0.05) is 99.2 Å². The molecule has 0 radical (unpaired) electrons. The Morgan fingerprint density at radius 1 is 0.559 bits per heavy atom. The molecular formula is C30H40N2O2. The Balaban J connectivity index is 1.49.